The van der Waals surface area contributed by atoms with Crippen molar-refractivity contribution in [2.75, 3.05) is 0 Å². The van der Waals surface area contributed by atoms with Crippen LogP contribution in [-0.2, 0) is 6.54 Å². The van der Waals surface area contributed by atoms with Crippen molar-refractivity contribution >= 4 is 33.8 Å². The predicted octanol–water partition coefficient (Wildman–Crippen LogP) is 5.25. The molecule has 0 saturated heterocycles. The van der Waals surface area contributed by atoms with Gasteiger partial charge in [-0.15, -0.1) is 0 Å². The molecule has 7 rings (SSSR count). The monoisotopic (exact) mass is 502 g/mol. The Kier molecular flexibility index (Phi) is 4.99. The van der Waals surface area contributed by atoms with Crippen LogP contribution in [0.4, 0.5) is 0 Å². The van der Waals surface area contributed by atoms with Crippen molar-refractivity contribution < 1.29 is 4.40 Å². The lowest BCUT2D eigenvalue weighted by Crippen LogP contribution is -2.22. The van der Waals surface area contributed by atoms with Gasteiger partial charge in [0.2, 0.25) is 0 Å². The lowest BCUT2D eigenvalue weighted by molar-refractivity contribution is -0.498. The Morgan fingerprint density at radius 3 is 2.54 bits per heavy atom. The number of nitrogens with two attached hydrogens (primary N) is 1. The molecule has 0 atom stereocenters. The highest BCUT2D eigenvalue weighted by Gasteiger charge is 2.27. The maximum atomic E-state index is 6.22. The minimum Gasteiger partial charge on any atom is -0.326 e. The molecule has 0 aliphatic heterocycles. The van der Waals surface area contributed by atoms with Gasteiger partial charge in [0.05, 0.1) is 27.2 Å². The van der Waals surface area contributed by atoms with Crippen molar-refractivity contribution in [3.8, 4) is 28.3 Å². The standard InChI is InChI=1S/C29H21ClN7/c30-22-8-11-27-33-26(18-35(27)17-22)28-34-37(23-9-6-19(15-31)7-10-23)29-24-14-21(20-4-2-1-3-5-20)16-32-25(24)12-13-36(28)29/h1-14,16-18H,15,31H2/q+1. The van der Waals surface area contributed by atoms with E-state index in [9.17, 15) is 0 Å². The van der Waals surface area contributed by atoms with Crippen molar-refractivity contribution in [3.63, 3.8) is 0 Å². The molecule has 0 aliphatic carbocycles. The molecule has 2 N–H and O–H groups in total. The van der Waals surface area contributed by atoms with E-state index in [1.54, 1.807) is 0 Å². The van der Waals surface area contributed by atoms with Gasteiger partial charge in [-0.05, 0) is 47.5 Å². The zero-order valence-electron chi connectivity index (χ0n) is 19.7. The third kappa shape index (κ3) is 3.64. The first-order chi connectivity index (χ1) is 18.2. The Hall–Kier alpha value is -4.59. The first-order valence-corrected chi connectivity index (χ1v) is 12.3. The summed E-state index contributed by atoms with van der Waals surface area (Å²) < 4.78 is 5.93. The molecule has 7 nitrogen and oxygen atoms in total. The molecule has 2 aromatic carbocycles. The summed E-state index contributed by atoms with van der Waals surface area (Å²) in [6, 6.07) is 26.3. The number of aromatic nitrogens is 6. The highest BCUT2D eigenvalue weighted by molar-refractivity contribution is 6.30. The van der Waals surface area contributed by atoms with Gasteiger partial charge in [0.1, 0.15) is 11.3 Å². The molecule has 0 aliphatic rings. The summed E-state index contributed by atoms with van der Waals surface area (Å²) in [4.78, 5) is 9.62. The third-order valence-electron chi connectivity index (χ3n) is 6.56. The number of fused-ring (bicyclic) bond motifs is 4. The van der Waals surface area contributed by atoms with Crippen LogP contribution in [0.5, 0.6) is 0 Å². The molecular formula is C29H21ClN7+. The summed E-state index contributed by atoms with van der Waals surface area (Å²) in [5, 5.41) is 6.69. The van der Waals surface area contributed by atoms with E-state index in [4.69, 9.17) is 32.4 Å². The smallest absolute Gasteiger partial charge is 0.326 e. The molecule has 0 saturated carbocycles. The second-order valence-electron chi connectivity index (χ2n) is 8.88. The van der Waals surface area contributed by atoms with Crippen LogP contribution in [0.25, 0.3) is 50.5 Å². The molecule has 0 unspecified atom stereocenters. The second kappa shape index (κ2) is 8.51. The SMILES string of the molecule is NCc1ccc(-n2nc(-c3cn4cc(Cl)ccc4n3)[n+]3ccc4ncc(-c5ccccc5)cc4c23)cc1. The number of hydrogen-bond acceptors (Lipinski definition) is 4. The molecule has 0 amide bonds. The zero-order valence-corrected chi connectivity index (χ0v) is 20.4. The topological polar surface area (TPSA) is 78.1 Å². The fourth-order valence-corrected chi connectivity index (χ4v) is 4.87. The molecule has 8 heteroatoms. The highest BCUT2D eigenvalue weighted by atomic mass is 35.5. The Labute approximate surface area is 217 Å². The Morgan fingerprint density at radius 2 is 1.73 bits per heavy atom. The van der Waals surface area contributed by atoms with Gasteiger partial charge in [0, 0.05) is 30.7 Å². The second-order valence-corrected chi connectivity index (χ2v) is 9.31. The van der Waals surface area contributed by atoms with Gasteiger partial charge < -0.3 is 10.1 Å². The average Bonchev–Trinajstić information content (AvgIpc) is 3.55. The maximum Gasteiger partial charge on any atom is 0.334 e. The fourth-order valence-electron chi connectivity index (χ4n) is 4.70. The number of nitrogens with zero attached hydrogens (tertiary/aromatic N) is 6. The van der Waals surface area contributed by atoms with Crippen LogP contribution in [0.15, 0.2) is 104 Å². The zero-order chi connectivity index (χ0) is 24.9. The largest absolute Gasteiger partial charge is 0.334 e. The van der Waals surface area contributed by atoms with Crippen molar-refractivity contribution in [2.24, 2.45) is 5.73 Å². The number of halogens is 1. The van der Waals surface area contributed by atoms with E-state index >= 15 is 0 Å². The Morgan fingerprint density at radius 1 is 0.892 bits per heavy atom. The summed E-state index contributed by atoms with van der Waals surface area (Å²) in [5.74, 6) is 0.713. The van der Waals surface area contributed by atoms with E-state index < -0.39 is 0 Å². The lowest BCUT2D eigenvalue weighted by atomic mass is 10.1. The van der Waals surface area contributed by atoms with Crippen LogP contribution in [0.3, 0.4) is 0 Å². The van der Waals surface area contributed by atoms with Gasteiger partial charge >= 0.3 is 5.82 Å². The summed E-state index contributed by atoms with van der Waals surface area (Å²) >= 11 is 6.22. The number of imidazole rings is 1. The van der Waals surface area contributed by atoms with E-state index in [1.807, 2.05) is 94.5 Å². The van der Waals surface area contributed by atoms with E-state index in [1.165, 1.54) is 0 Å². The van der Waals surface area contributed by atoms with E-state index in [0.29, 0.717) is 17.4 Å². The molecule has 0 bridgehead atoms. The van der Waals surface area contributed by atoms with Crippen LogP contribution >= 0.6 is 11.6 Å². The van der Waals surface area contributed by atoms with Gasteiger partial charge in [0.15, 0.2) is 5.69 Å². The van der Waals surface area contributed by atoms with Crippen LogP contribution in [0, 0.1) is 0 Å². The maximum absolute atomic E-state index is 6.22. The molecule has 0 spiro atoms. The number of hydrogen-bond donors (Lipinski definition) is 1. The van der Waals surface area contributed by atoms with Crippen LogP contribution in [0.2, 0.25) is 5.02 Å². The summed E-state index contributed by atoms with van der Waals surface area (Å²) in [5.41, 5.74) is 13.3. The summed E-state index contributed by atoms with van der Waals surface area (Å²) in [6.07, 6.45) is 7.70. The number of pyridine rings is 3. The molecule has 0 fully saturated rings. The Balaban J connectivity index is 1.53. The first-order valence-electron chi connectivity index (χ1n) is 11.9. The normalized spacial score (nSPS) is 11.6. The van der Waals surface area contributed by atoms with Crippen LogP contribution in [0.1, 0.15) is 5.56 Å². The van der Waals surface area contributed by atoms with Gasteiger partial charge in [-0.2, -0.15) is 4.40 Å². The fraction of sp³-hybridized carbons (Fsp3) is 0.0345. The van der Waals surface area contributed by atoms with E-state index in [-0.39, 0.29) is 0 Å². The Bertz CT molecular complexity index is 1920. The van der Waals surface area contributed by atoms with Crippen LogP contribution in [-0.4, -0.2) is 24.1 Å². The van der Waals surface area contributed by atoms with Gasteiger partial charge in [0.25, 0.3) is 5.65 Å². The van der Waals surface area contributed by atoms with Crippen molar-refractivity contribution in [1.82, 2.24) is 24.1 Å². The van der Waals surface area contributed by atoms with Crippen molar-refractivity contribution in [3.05, 3.63) is 114 Å². The molecule has 7 aromatic rings. The number of benzene rings is 2. The summed E-state index contributed by atoms with van der Waals surface area (Å²) in [7, 11) is 0. The quantitative estimate of drug-likeness (QED) is 0.333. The summed E-state index contributed by atoms with van der Waals surface area (Å²) in [6.45, 7) is 0.483. The molecule has 5 aromatic heterocycles. The molecule has 5 heterocycles. The average molecular weight is 503 g/mol. The van der Waals surface area contributed by atoms with Crippen molar-refractivity contribution in [2.45, 2.75) is 6.54 Å². The van der Waals surface area contributed by atoms with Gasteiger partial charge in [-0.1, -0.05) is 58.7 Å². The minimum atomic E-state index is 0.483. The lowest BCUT2D eigenvalue weighted by Gasteiger charge is -2.04. The number of rotatable bonds is 4. The van der Waals surface area contributed by atoms with E-state index in [0.717, 1.165) is 50.3 Å². The van der Waals surface area contributed by atoms with E-state index in [2.05, 4.69) is 22.6 Å². The van der Waals surface area contributed by atoms with Crippen molar-refractivity contribution in [1.29, 1.82) is 0 Å². The van der Waals surface area contributed by atoms with Gasteiger partial charge in [-0.25, -0.2) is 4.98 Å². The molecule has 37 heavy (non-hydrogen) atoms. The minimum absolute atomic E-state index is 0.483. The molecule has 0 radical (unpaired) electrons. The highest BCUT2D eigenvalue weighted by Crippen LogP contribution is 2.27. The third-order valence-corrected chi connectivity index (χ3v) is 6.78. The first kappa shape index (κ1) is 21.7. The predicted molar refractivity (Wildman–Crippen MR) is 145 cm³/mol. The van der Waals surface area contributed by atoms with Crippen LogP contribution < -0.4 is 10.1 Å². The van der Waals surface area contributed by atoms with Gasteiger partial charge in [-0.3, -0.25) is 4.98 Å². The molecular weight excluding hydrogens is 482 g/mol. The molecule has 178 valence electrons.